The van der Waals surface area contributed by atoms with Crippen LogP contribution in [-0.4, -0.2) is 19.1 Å². The van der Waals surface area contributed by atoms with Crippen molar-refractivity contribution in [2.24, 2.45) is 0 Å². The number of hydrogen-bond donors (Lipinski definition) is 0. The topological polar surface area (TPSA) is 68.4 Å². The van der Waals surface area contributed by atoms with Gasteiger partial charge in [-0.05, 0) is 160 Å². The van der Waals surface area contributed by atoms with Crippen LogP contribution in [0.1, 0.15) is 44.5 Å². The lowest BCUT2D eigenvalue weighted by Crippen LogP contribution is -2.38. The number of fused-ring (bicyclic) bond motifs is 12. The summed E-state index contributed by atoms with van der Waals surface area (Å²) < 4.78 is 19.0. The second-order valence-corrected chi connectivity index (χ2v) is 28.2. The Balaban J connectivity index is 0.664. The lowest BCUT2D eigenvalue weighted by atomic mass is 9.62. The molecule has 0 saturated heterocycles. The minimum atomic E-state index is -0.919. The molecule has 0 aliphatic carbocycles. The predicted molar refractivity (Wildman–Crippen MR) is 440 cm³/mol. The molecule has 0 fully saturated rings. The first kappa shape index (κ1) is 61.2. The number of hydrogen-bond acceptors (Lipinski definition) is 6. The minimum absolute atomic E-state index is 0.772. The number of nitrogens with zero attached hydrogens (tertiary/aromatic N) is 6. The fourth-order valence-electron chi connectivity index (χ4n) is 18.1. The Morgan fingerprint density at radius 1 is 0.231 bits per heavy atom. The van der Waals surface area contributed by atoms with E-state index in [4.69, 9.17) is 18.8 Å². The maximum atomic E-state index is 7.36. The normalized spacial score (nSPS) is 13.5. The molecule has 108 heavy (non-hydrogen) atoms. The summed E-state index contributed by atoms with van der Waals surface area (Å²) in [6.45, 7) is 0. The fourth-order valence-corrected chi connectivity index (χ4v) is 18.1. The van der Waals surface area contributed by atoms with Gasteiger partial charge in [0.05, 0.1) is 55.6 Å². The van der Waals surface area contributed by atoms with Gasteiger partial charge >= 0.3 is 0 Å². The highest BCUT2D eigenvalue weighted by Gasteiger charge is 2.50. The molecule has 20 aromatic rings. The molecular formula is C100H64N6O2. The predicted octanol–water partition coefficient (Wildman–Crippen LogP) is 25.5. The summed E-state index contributed by atoms with van der Waals surface area (Å²) in [6.07, 6.45) is 0. The molecular weight excluding hydrogens is 1320 g/mol. The SMILES string of the molecule is c1ccc(N2c3ccccc3C(c3ccc(-c4nc5ccccc5n4-c4ccccc4)cc3)(c3ccc(-c4nc5ccccc5n4-c4ccc(-c5ccc6oc7c(C8(c9cccc%10c9oc9ccccc9%10)c9ccccc9N(c9ccccc9)c9ccccc98)cccc7c6c5)cc4)cc3)c3ccccc32)cc1. The molecule has 0 N–H and O–H groups in total. The van der Waals surface area contributed by atoms with Crippen LogP contribution in [-0.2, 0) is 10.8 Å². The zero-order chi connectivity index (χ0) is 71.0. The number of anilines is 6. The molecule has 4 aromatic heterocycles. The summed E-state index contributed by atoms with van der Waals surface area (Å²) in [4.78, 5) is 15.6. The third kappa shape index (κ3) is 8.98. The summed E-state index contributed by atoms with van der Waals surface area (Å²) >= 11 is 0. The average Bonchev–Trinajstić information content (AvgIpc) is 1.53. The van der Waals surface area contributed by atoms with E-state index >= 15 is 0 Å². The highest BCUT2D eigenvalue weighted by atomic mass is 16.3. The van der Waals surface area contributed by atoms with Crippen molar-refractivity contribution in [3.63, 3.8) is 0 Å². The molecule has 0 spiro atoms. The summed E-state index contributed by atoms with van der Waals surface area (Å²) in [5.74, 6) is 1.74. The van der Waals surface area contributed by atoms with Gasteiger partial charge in [0.1, 0.15) is 34.0 Å². The molecule has 2 aliphatic rings. The molecule has 22 rings (SSSR count). The zero-order valence-electron chi connectivity index (χ0n) is 58.5. The largest absolute Gasteiger partial charge is 0.456 e. The van der Waals surface area contributed by atoms with Gasteiger partial charge < -0.3 is 18.6 Å². The Morgan fingerprint density at radius 3 is 1.07 bits per heavy atom. The minimum Gasteiger partial charge on any atom is -0.456 e. The molecule has 0 unspecified atom stereocenters. The lowest BCUT2D eigenvalue weighted by molar-refractivity contribution is 0.628. The molecule has 0 atom stereocenters. The molecule has 0 radical (unpaired) electrons. The van der Waals surface area contributed by atoms with Crippen molar-refractivity contribution in [3.8, 4) is 45.3 Å². The second-order valence-electron chi connectivity index (χ2n) is 28.2. The van der Waals surface area contributed by atoms with Crippen molar-refractivity contribution in [1.29, 1.82) is 0 Å². The third-order valence-electron chi connectivity index (χ3n) is 22.7. The van der Waals surface area contributed by atoms with Crippen molar-refractivity contribution >= 4 is 100 Å². The van der Waals surface area contributed by atoms with Gasteiger partial charge in [-0.25, -0.2) is 9.97 Å². The highest BCUT2D eigenvalue weighted by molar-refractivity contribution is 6.11. The van der Waals surface area contributed by atoms with E-state index in [9.17, 15) is 0 Å². The summed E-state index contributed by atoms with van der Waals surface area (Å²) in [6, 6.07) is 140. The zero-order valence-corrected chi connectivity index (χ0v) is 58.5. The van der Waals surface area contributed by atoms with Crippen LogP contribution in [0.25, 0.3) is 111 Å². The molecule has 8 nitrogen and oxygen atoms in total. The van der Waals surface area contributed by atoms with Crippen LogP contribution >= 0.6 is 0 Å². The van der Waals surface area contributed by atoms with E-state index in [1.54, 1.807) is 0 Å². The lowest BCUT2D eigenvalue weighted by Gasteiger charge is -2.46. The van der Waals surface area contributed by atoms with E-state index in [-0.39, 0.29) is 0 Å². The van der Waals surface area contributed by atoms with E-state index in [0.29, 0.717) is 0 Å². The van der Waals surface area contributed by atoms with E-state index in [1.807, 2.05) is 0 Å². The third-order valence-corrected chi connectivity index (χ3v) is 22.7. The molecule has 2 aliphatic heterocycles. The maximum Gasteiger partial charge on any atom is 0.145 e. The van der Waals surface area contributed by atoms with Crippen molar-refractivity contribution in [3.05, 3.63) is 433 Å². The number of aromatic nitrogens is 4. The van der Waals surface area contributed by atoms with Gasteiger partial charge in [-0.2, -0.15) is 0 Å². The van der Waals surface area contributed by atoms with Gasteiger partial charge in [-0.15, -0.1) is 0 Å². The Hall–Kier alpha value is -14.3. The fraction of sp³-hybridized carbons (Fsp3) is 0.0200. The highest BCUT2D eigenvalue weighted by Crippen LogP contribution is 2.62. The number of imidazole rings is 2. The summed E-state index contributed by atoms with van der Waals surface area (Å²) in [5, 5.41) is 4.22. The van der Waals surface area contributed by atoms with Gasteiger partial charge in [0.25, 0.3) is 0 Å². The standard InChI is InChI=1S/C100H64N6O2/c1-4-26-71(27-5-1)103-87-43-17-11-35-79(87)99(80-36-12-18-44-88(80)103,69-57-50-66(51-58-69)97-101-85-41-15-21-47-91(85)105(97)73-30-8-3-9-31-73)70-59-52-67(53-60-70)98-102-86-42-16-22-48-92(86)106(98)74-61-54-65(55-62-74)68-56-63-94-78(64-68)77-34-25-40-84(96(77)108-94)100(83-39-24-33-76-75-32-10-23-49-93(75)107-95(76)83)81-37-13-19-45-89(81)104(72-28-6-2-7-29-72)90-46-20-14-38-82(90)100/h1-64H. The second kappa shape index (κ2) is 24.1. The van der Waals surface area contributed by atoms with Crippen LogP contribution < -0.4 is 9.80 Å². The van der Waals surface area contributed by atoms with Gasteiger partial charge in [0.15, 0.2) is 0 Å². The quantitative estimate of drug-likeness (QED) is 0.129. The van der Waals surface area contributed by atoms with Crippen LogP contribution in [0.15, 0.2) is 397 Å². The number of benzene rings is 16. The number of furan rings is 2. The van der Waals surface area contributed by atoms with Crippen LogP contribution in [0, 0.1) is 0 Å². The van der Waals surface area contributed by atoms with Crippen molar-refractivity contribution in [2.45, 2.75) is 10.8 Å². The molecule has 0 bridgehead atoms. The Bertz CT molecular complexity index is 6840. The van der Waals surface area contributed by atoms with Crippen molar-refractivity contribution in [1.82, 2.24) is 19.1 Å². The summed E-state index contributed by atoms with van der Waals surface area (Å²) in [7, 11) is 0. The van der Waals surface area contributed by atoms with E-state index in [2.05, 4.69) is 407 Å². The maximum absolute atomic E-state index is 7.36. The number of rotatable bonds is 11. The van der Waals surface area contributed by atoms with E-state index in [1.165, 1.54) is 11.1 Å². The molecule has 0 amide bonds. The molecule has 506 valence electrons. The molecule has 16 aromatic carbocycles. The smallest absolute Gasteiger partial charge is 0.145 e. The Kier molecular flexibility index (Phi) is 13.7. The van der Waals surface area contributed by atoms with Gasteiger partial charge in [0, 0.05) is 66.5 Å². The first-order valence-electron chi connectivity index (χ1n) is 36.9. The van der Waals surface area contributed by atoms with Crippen LogP contribution in [0.2, 0.25) is 0 Å². The van der Waals surface area contributed by atoms with Crippen molar-refractivity contribution < 1.29 is 8.83 Å². The molecule has 0 saturated carbocycles. The van der Waals surface area contributed by atoms with E-state index in [0.717, 1.165) is 179 Å². The molecule has 8 heteroatoms. The van der Waals surface area contributed by atoms with Crippen LogP contribution in [0.4, 0.5) is 34.1 Å². The van der Waals surface area contributed by atoms with Gasteiger partial charge in [-0.1, -0.05) is 273 Å². The van der Waals surface area contributed by atoms with Gasteiger partial charge in [0.2, 0.25) is 0 Å². The monoisotopic (exact) mass is 1380 g/mol. The first-order chi connectivity index (χ1) is 53.6. The van der Waals surface area contributed by atoms with E-state index < -0.39 is 10.8 Å². The van der Waals surface area contributed by atoms with Crippen LogP contribution in [0.3, 0.4) is 0 Å². The Morgan fingerprint density at radius 2 is 0.583 bits per heavy atom. The first-order valence-corrected chi connectivity index (χ1v) is 36.9. The average molecular weight is 1380 g/mol. The Labute approximate surface area is 622 Å². The van der Waals surface area contributed by atoms with Gasteiger partial charge in [-0.3, -0.25) is 9.13 Å². The molecule has 6 heterocycles. The van der Waals surface area contributed by atoms with Crippen molar-refractivity contribution in [2.75, 3.05) is 9.80 Å². The summed E-state index contributed by atoms with van der Waals surface area (Å²) in [5.41, 5.74) is 27.3. The number of para-hydroxylation sites is 14. The van der Waals surface area contributed by atoms with Crippen LogP contribution in [0.5, 0.6) is 0 Å².